The number of rotatable bonds is 6. The third-order valence-corrected chi connectivity index (χ3v) is 3.12. The maximum atomic E-state index is 11.8. The fourth-order valence-corrected chi connectivity index (χ4v) is 2.04. The molecule has 0 aliphatic carbocycles. The predicted molar refractivity (Wildman–Crippen MR) is 67.2 cm³/mol. The molecule has 1 rings (SSSR count). The van der Waals surface area contributed by atoms with Gasteiger partial charge in [0.05, 0.1) is 0 Å². The van der Waals surface area contributed by atoms with Gasteiger partial charge in [-0.2, -0.15) is 0 Å². The van der Waals surface area contributed by atoms with Crippen LogP contribution >= 0.6 is 15.9 Å². The summed E-state index contributed by atoms with van der Waals surface area (Å²) in [5, 5.41) is 0. The van der Waals surface area contributed by atoms with Crippen LogP contribution in [0.5, 0.6) is 0 Å². The van der Waals surface area contributed by atoms with Crippen molar-refractivity contribution in [1.82, 2.24) is 0 Å². The molecular formula is C13H17BrO. The minimum atomic E-state index is 0.249. The quantitative estimate of drug-likeness (QED) is 0.544. The van der Waals surface area contributed by atoms with Gasteiger partial charge in [-0.3, -0.25) is 4.79 Å². The molecule has 0 unspecified atom stereocenters. The number of benzene rings is 1. The first kappa shape index (κ1) is 12.4. The average Bonchev–Trinajstić information content (AvgIpc) is 2.25. The number of carbonyl (C=O) groups is 1. The van der Waals surface area contributed by atoms with E-state index in [-0.39, 0.29) is 5.78 Å². The molecule has 0 saturated heterocycles. The first-order chi connectivity index (χ1) is 7.25. The topological polar surface area (TPSA) is 17.1 Å². The van der Waals surface area contributed by atoms with Crippen LogP contribution in [-0.4, -0.2) is 5.78 Å². The third-order valence-electron chi connectivity index (χ3n) is 2.43. The molecule has 2 heteroatoms. The highest BCUT2D eigenvalue weighted by Crippen LogP contribution is 2.18. The molecule has 82 valence electrons. The maximum absolute atomic E-state index is 11.8. The van der Waals surface area contributed by atoms with Crippen LogP contribution in [0, 0.1) is 0 Å². The van der Waals surface area contributed by atoms with Gasteiger partial charge < -0.3 is 0 Å². The van der Waals surface area contributed by atoms with Crippen LogP contribution in [-0.2, 0) is 0 Å². The summed E-state index contributed by atoms with van der Waals surface area (Å²) in [7, 11) is 0. The van der Waals surface area contributed by atoms with Crippen molar-refractivity contribution in [3.05, 3.63) is 34.3 Å². The van der Waals surface area contributed by atoms with Gasteiger partial charge in [0.15, 0.2) is 5.78 Å². The average molecular weight is 269 g/mol. The van der Waals surface area contributed by atoms with Crippen LogP contribution in [0.1, 0.15) is 49.4 Å². The zero-order valence-corrected chi connectivity index (χ0v) is 10.7. The van der Waals surface area contributed by atoms with Crippen molar-refractivity contribution in [3.8, 4) is 0 Å². The monoisotopic (exact) mass is 268 g/mol. The molecule has 0 heterocycles. The van der Waals surface area contributed by atoms with Crippen LogP contribution in [0.15, 0.2) is 28.7 Å². The molecular weight excluding hydrogens is 252 g/mol. The fraction of sp³-hybridized carbons (Fsp3) is 0.462. The Bertz CT molecular complexity index is 320. The highest BCUT2D eigenvalue weighted by molar-refractivity contribution is 9.10. The number of hydrogen-bond donors (Lipinski definition) is 0. The Hall–Kier alpha value is -0.630. The molecule has 0 aromatic heterocycles. The number of halogens is 1. The Morgan fingerprint density at radius 3 is 2.60 bits per heavy atom. The van der Waals surface area contributed by atoms with Crippen molar-refractivity contribution >= 4 is 21.7 Å². The number of carbonyl (C=O) groups excluding carboxylic acids is 1. The Kier molecular flexibility index (Phi) is 5.62. The van der Waals surface area contributed by atoms with Crippen LogP contribution < -0.4 is 0 Å². The van der Waals surface area contributed by atoms with Crippen molar-refractivity contribution in [2.75, 3.05) is 0 Å². The summed E-state index contributed by atoms with van der Waals surface area (Å²) in [5.41, 5.74) is 0.814. The van der Waals surface area contributed by atoms with E-state index < -0.39 is 0 Å². The van der Waals surface area contributed by atoms with E-state index in [1.54, 1.807) is 0 Å². The van der Waals surface area contributed by atoms with E-state index in [4.69, 9.17) is 0 Å². The highest BCUT2D eigenvalue weighted by Gasteiger charge is 2.08. The second-order valence-corrected chi connectivity index (χ2v) is 4.57. The molecule has 0 amide bonds. The van der Waals surface area contributed by atoms with Gasteiger partial charge in [-0.1, -0.05) is 60.3 Å². The third kappa shape index (κ3) is 4.17. The minimum Gasteiger partial charge on any atom is -0.294 e. The second kappa shape index (κ2) is 6.78. The number of unbranched alkanes of at least 4 members (excludes halogenated alkanes) is 3. The van der Waals surface area contributed by atoms with Crippen molar-refractivity contribution in [2.24, 2.45) is 0 Å². The van der Waals surface area contributed by atoms with Gasteiger partial charge in [0.25, 0.3) is 0 Å². The van der Waals surface area contributed by atoms with E-state index in [9.17, 15) is 4.79 Å². The van der Waals surface area contributed by atoms with E-state index >= 15 is 0 Å². The lowest BCUT2D eigenvalue weighted by Crippen LogP contribution is -1.99. The van der Waals surface area contributed by atoms with Gasteiger partial charge in [0.1, 0.15) is 0 Å². The zero-order valence-electron chi connectivity index (χ0n) is 9.13. The maximum Gasteiger partial charge on any atom is 0.164 e. The lowest BCUT2D eigenvalue weighted by molar-refractivity contribution is 0.0978. The summed E-state index contributed by atoms with van der Waals surface area (Å²) in [6.07, 6.45) is 5.27. The van der Waals surface area contributed by atoms with E-state index in [1.807, 2.05) is 24.3 Å². The molecule has 0 saturated carbocycles. The van der Waals surface area contributed by atoms with E-state index in [2.05, 4.69) is 22.9 Å². The molecule has 0 bridgehead atoms. The standard InChI is InChI=1S/C13H17BrO/c1-2-3-4-5-10-13(15)11-8-6-7-9-12(11)14/h6-9H,2-5,10H2,1H3. The summed E-state index contributed by atoms with van der Waals surface area (Å²) in [6, 6.07) is 7.63. The van der Waals surface area contributed by atoms with Crippen molar-refractivity contribution in [3.63, 3.8) is 0 Å². The molecule has 1 aromatic rings. The normalized spacial score (nSPS) is 10.3. The van der Waals surface area contributed by atoms with Gasteiger partial charge in [0, 0.05) is 16.5 Å². The summed E-state index contributed by atoms with van der Waals surface area (Å²) in [4.78, 5) is 11.8. The minimum absolute atomic E-state index is 0.249. The second-order valence-electron chi connectivity index (χ2n) is 3.71. The summed E-state index contributed by atoms with van der Waals surface area (Å²) < 4.78 is 0.908. The molecule has 0 aliphatic rings. The molecule has 1 nitrogen and oxygen atoms in total. The van der Waals surface area contributed by atoms with Crippen LogP contribution in [0.4, 0.5) is 0 Å². The fourth-order valence-electron chi connectivity index (χ4n) is 1.53. The molecule has 0 spiro atoms. The molecule has 1 aromatic carbocycles. The smallest absolute Gasteiger partial charge is 0.164 e. The highest BCUT2D eigenvalue weighted by atomic mass is 79.9. The van der Waals surface area contributed by atoms with Gasteiger partial charge in [-0.05, 0) is 12.5 Å². The SMILES string of the molecule is CCCCCCC(=O)c1ccccc1Br. The van der Waals surface area contributed by atoms with Gasteiger partial charge in [0.2, 0.25) is 0 Å². The van der Waals surface area contributed by atoms with Crippen LogP contribution in [0.2, 0.25) is 0 Å². The molecule has 0 aliphatic heterocycles. The van der Waals surface area contributed by atoms with Gasteiger partial charge >= 0.3 is 0 Å². The lowest BCUT2D eigenvalue weighted by Gasteiger charge is -2.02. The van der Waals surface area contributed by atoms with E-state index in [0.29, 0.717) is 6.42 Å². The lowest BCUT2D eigenvalue weighted by atomic mass is 10.0. The summed E-state index contributed by atoms with van der Waals surface area (Å²) in [6.45, 7) is 2.18. The summed E-state index contributed by atoms with van der Waals surface area (Å²) in [5.74, 6) is 0.249. The van der Waals surface area contributed by atoms with Crippen molar-refractivity contribution in [1.29, 1.82) is 0 Å². The van der Waals surface area contributed by atoms with E-state index in [1.165, 1.54) is 12.8 Å². The van der Waals surface area contributed by atoms with E-state index in [0.717, 1.165) is 22.9 Å². The van der Waals surface area contributed by atoms with Gasteiger partial charge in [-0.15, -0.1) is 0 Å². The first-order valence-electron chi connectivity index (χ1n) is 5.53. The Labute approximate surface area is 100 Å². The Morgan fingerprint density at radius 1 is 1.20 bits per heavy atom. The Balaban J connectivity index is 2.44. The molecule has 0 atom stereocenters. The Morgan fingerprint density at radius 2 is 1.93 bits per heavy atom. The molecule has 15 heavy (non-hydrogen) atoms. The zero-order chi connectivity index (χ0) is 11.1. The predicted octanol–water partition coefficient (Wildman–Crippen LogP) is 4.60. The molecule has 0 N–H and O–H groups in total. The molecule has 0 radical (unpaired) electrons. The van der Waals surface area contributed by atoms with Crippen molar-refractivity contribution < 1.29 is 4.79 Å². The van der Waals surface area contributed by atoms with Crippen LogP contribution in [0.3, 0.4) is 0 Å². The number of Topliss-reactive ketones (excluding diaryl/α,β-unsaturated/α-hetero) is 1. The number of ketones is 1. The number of hydrogen-bond acceptors (Lipinski definition) is 1. The largest absolute Gasteiger partial charge is 0.294 e. The molecule has 0 fully saturated rings. The van der Waals surface area contributed by atoms with Gasteiger partial charge in [-0.25, -0.2) is 0 Å². The first-order valence-corrected chi connectivity index (χ1v) is 6.32. The van der Waals surface area contributed by atoms with Crippen molar-refractivity contribution in [2.45, 2.75) is 39.0 Å². The van der Waals surface area contributed by atoms with Crippen LogP contribution in [0.25, 0.3) is 0 Å². The summed E-state index contributed by atoms with van der Waals surface area (Å²) >= 11 is 3.40.